The number of hydrogen-bond acceptors (Lipinski definition) is 5. The molecule has 0 saturated carbocycles. The van der Waals surface area contributed by atoms with Crippen molar-refractivity contribution >= 4 is 11.9 Å². The van der Waals surface area contributed by atoms with E-state index in [1.165, 1.54) is 12.4 Å². The standard InChI is InChI=1S/C15H15N3O3/c1-2-21-15(20)12-8-16-13(17-9-12)10-18-14(19)11-6-4-3-5-7-11/h3-9H,2,10H2,1H3,(H,18,19). The highest BCUT2D eigenvalue weighted by Gasteiger charge is 2.09. The van der Waals surface area contributed by atoms with Gasteiger partial charge in [0.05, 0.1) is 18.7 Å². The molecule has 0 atom stereocenters. The molecule has 0 spiro atoms. The zero-order chi connectivity index (χ0) is 15.1. The van der Waals surface area contributed by atoms with Gasteiger partial charge in [-0.1, -0.05) is 18.2 Å². The summed E-state index contributed by atoms with van der Waals surface area (Å²) in [6, 6.07) is 8.87. The normalized spacial score (nSPS) is 9.95. The Morgan fingerprint density at radius 3 is 2.38 bits per heavy atom. The minimum atomic E-state index is -0.461. The Kier molecular flexibility index (Phi) is 4.98. The van der Waals surface area contributed by atoms with Crippen molar-refractivity contribution < 1.29 is 14.3 Å². The maximum Gasteiger partial charge on any atom is 0.341 e. The van der Waals surface area contributed by atoms with Gasteiger partial charge in [-0.15, -0.1) is 0 Å². The third-order valence-electron chi connectivity index (χ3n) is 2.66. The Bertz CT molecular complexity index is 612. The van der Waals surface area contributed by atoms with Gasteiger partial charge < -0.3 is 10.1 Å². The molecule has 0 aliphatic carbocycles. The number of hydrogen-bond donors (Lipinski definition) is 1. The van der Waals surface area contributed by atoms with Crippen LogP contribution in [0.25, 0.3) is 0 Å². The Balaban J connectivity index is 1.92. The molecule has 0 saturated heterocycles. The summed E-state index contributed by atoms with van der Waals surface area (Å²) in [6.45, 7) is 2.22. The molecule has 0 aliphatic heterocycles. The molecule has 1 N–H and O–H groups in total. The van der Waals surface area contributed by atoms with Crippen LogP contribution in [0.4, 0.5) is 0 Å². The van der Waals surface area contributed by atoms with E-state index >= 15 is 0 Å². The van der Waals surface area contributed by atoms with Gasteiger partial charge in [-0.3, -0.25) is 4.79 Å². The highest BCUT2D eigenvalue weighted by atomic mass is 16.5. The van der Waals surface area contributed by atoms with Gasteiger partial charge in [-0.25, -0.2) is 14.8 Å². The molecule has 6 heteroatoms. The predicted octanol–water partition coefficient (Wildman–Crippen LogP) is 1.58. The molecule has 0 aliphatic rings. The maximum absolute atomic E-state index is 11.8. The second-order valence-electron chi connectivity index (χ2n) is 4.16. The van der Waals surface area contributed by atoms with Crippen LogP contribution in [0.5, 0.6) is 0 Å². The summed E-state index contributed by atoms with van der Waals surface area (Å²) in [5.41, 5.74) is 0.857. The fraction of sp³-hybridized carbons (Fsp3) is 0.200. The van der Waals surface area contributed by atoms with Crippen LogP contribution in [0.1, 0.15) is 33.5 Å². The van der Waals surface area contributed by atoms with E-state index in [0.717, 1.165) is 0 Å². The van der Waals surface area contributed by atoms with E-state index < -0.39 is 5.97 Å². The average Bonchev–Trinajstić information content (AvgIpc) is 2.54. The van der Waals surface area contributed by atoms with Gasteiger partial charge in [-0.2, -0.15) is 0 Å². The van der Waals surface area contributed by atoms with Gasteiger partial charge >= 0.3 is 5.97 Å². The number of ether oxygens (including phenoxy) is 1. The Hall–Kier alpha value is -2.76. The number of esters is 1. The van der Waals surface area contributed by atoms with Gasteiger partial charge in [0.25, 0.3) is 5.91 Å². The lowest BCUT2D eigenvalue weighted by Crippen LogP contribution is -2.24. The number of carbonyl (C=O) groups is 2. The van der Waals surface area contributed by atoms with Crippen molar-refractivity contribution in [2.75, 3.05) is 6.61 Å². The number of nitrogens with one attached hydrogen (secondary N) is 1. The summed E-state index contributed by atoms with van der Waals surface area (Å²) in [6.07, 6.45) is 2.77. The molecule has 21 heavy (non-hydrogen) atoms. The number of benzene rings is 1. The smallest absolute Gasteiger partial charge is 0.341 e. The van der Waals surface area contributed by atoms with Gasteiger partial charge in [-0.05, 0) is 19.1 Å². The monoisotopic (exact) mass is 285 g/mol. The molecule has 1 aromatic carbocycles. The number of amides is 1. The molecule has 0 unspecified atom stereocenters. The van der Waals surface area contributed by atoms with Crippen molar-refractivity contribution in [2.24, 2.45) is 0 Å². The topological polar surface area (TPSA) is 81.2 Å². The molecule has 1 heterocycles. The van der Waals surface area contributed by atoms with E-state index in [9.17, 15) is 9.59 Å². The van der Waals surface area contributed by atoms with Crippen molar-refractivity contribution in [3.8, 4) is 0 Å². The minimum absolute atomic E-state index is 0.191. The van der Waals surface area contributed by atoms with E-state index in [0.29, 0.717) is 18.0 Å². The van der Waals surface area contributed by atoms with E-state index in [-0.39, 0.29) is 18.0 Å². The molecule has 2 aromatic rings. The molecule has 6 nitrogen and oxygen atoms in total. The molecular formula is C15H15N3O3. The lowest BCUT2D eigenvalue weighted by atomic mass is 10.2. The summed E-state index contributed by atoms with van der Waals surface area (Å²) < 4.78 is 4.84. The van der Waals surface area contributed by atoms with E-state index in [2.05, 4.69) is 15.3 Å². The lowest BCUT2D eigenvalue weighted by molar-refractivity contribution is 0.0525. The largest absolute Gasteiger partial charge is 0.462 e. The van der Waals surface area contributed by atoms with Crippen LogP contribution in [-0.2, 0) is 11.3 Å². The number of nitrogens with zero attached hydrogens (tertiary/aromatic N) is 2. The fourth-order valence-electron chi connectivity index (χ4n) is 1.62. The second kappa shape index (κ2) is 7.14. The number of aromatic nitrogens is 2. The maximum atomic E-state index is 11.8. The molecule has 0 fully saturated rings. The summed E-state index contributed by atoms with van der Waals surface area (Å²) in [4.78, 5) is 31.3. The molecule has 0 bridgehead atoms. The van der Waals surface area contributed by atoms with Gasteiger partial charge in [0.2, 0.25) is 0 Å². The molecule has 0 radical (unpaired) electrons. The van der Waals surface area contributed by atoms with Crippen LogP contribution < -0.4 is 5.32 Å². The van der Waals surface area contributed by atoms with Crippen molar-refractivity contribution in [2.45, 2.75) is 13.5 Å². The third-order valence-corrected chi connectivity index (χ3v) is 2.66. The highest BCUT2D eigenvalue weighted by molar-refractivity contribution is 5.94. The average molecular weight is 285 g/mol. The van der Waals surface area contributed by atoms with Crippen LogP contribution in [0.15, 0.2) is 42.7 Å². The van der Waals surface area contributed by atoms with Crippen molar-refractivity contribution in [1.82, 2.24) is 15.3 Å². The zero-order valence-electron chi connectivity index (χ0n) is 11.6. The van der Waals surface area contributed by atoms with E-state index in [1.54, 1.807) is 31.2 Å². The molecule has 1 amide bonds. The highest BCUT2D eigenvalue weighted by Crippen LogP contribution is 2.01. The molecular weight excluding hydrogens is 270 g/mol. The first-order valence-corrected chi connectivity index (χ1v) is 6.52. The lowest BCUT2D eigenvalue weighted by Gasteiger charge is -2.05. The Morgan fingerprint density at radius 1 is 1.10 bits per heavy atom. The number of carbonyl (C=O) groups excluding carboxylic acids is 2. The first-order chi connectivity index (χ1) is 10.2. The van der Waals surface area contributed by atoms with Gasteiger partial charge in [0.1, 0.15) is 5.82 Å². The van der Waals surface area contributed by atoms with E-state index in [4.69, 9.17) is 4.74 Å². The molecule has 108 valence electrons. The van der Waals surface area contributed by atoms with Crippen molar-refractivity contribution in [3.05, 3.63) is 59.7 Å². The second-order valence-corrected chi connectivity index (χ2v) is 4.16. The van der Waals surface area contributed by atoms with Crippen LogP contribution in [0, 0.1) is 0 Å². The molecule has 2 rings (SSSR count). The summed E-state index contributed by atoms with van der Waals surface area (Å²) in [5, 5.41) is 2.71. The summed E-state index contributed by atoms with van der Waals surface area (Å²) in [7, 11) is 0. The van der Waals surface area contributed by atoms with Crippen LogP contribution in [0.2, 0.25) is 0 Å². The third kappa shape index (κ3) is 4.10. The Morgan fingerprint density at radius 2 is 1.76 bits per heavy atom. The summed E-state index contributed by atoms with van der Waals surface area (Å²) in [5.74, 6) is -0.238. The van der Waals surface area contributed by atoms with Crippen LogP contribution in [0.3, 0.4) is 0 Å². The fourth-order valence-corrected chi connectivity index (χ4v) is 1.62. The number of rotatable bonds is 5. The molecule has 1 aromatic heterocycles. The minimum Gasteiger partial charge on any atom is -0.462 e. The first-order valence-electron chi connectivity index (χ1n) is 6.52. The van der Waals surface area contributed by atoms with Gasteiger partial charge in [0.15, 0.2) is 0 Å². The Labute approximate surface area is 122 Å². The predicted molar refractivity (Wildman–Crippen MR) is 75.6 cm³/mol. The van der Waals surface area contributed by atoms with Crippen molar-refractivity contribution in [3.63, 3.8) is 0 Å². The van der Waals surface area contributed by atoms with Crippen LogP contribution >= 0.6 is 0 Å². The SMILES string of the molecule is CCOC(=O)c1cnc(CNC(=O)c2ccccc2)nc1. The summed E-state index contributed by atoms with van der Waals surface area (Å²) >= 11 is 0. The van der Waals surface area contributed by atoms with E-state index in [1.807, 2.05) is 6.07 Å². The zero-order valence-corrected chi connectivity index (χ0v) is 11.6. The van der Waals surface area contributed by atoms with Crippen LogP contribution in [-0.4, -0.2) is 28.5 Å². The van der Waals surface area contributed by atoms with Crippen molar-refractivity contribution in [1.29, 1.82) is 0 Å². The quantitative estimate of drug-likeness (QED) is 0.844. The van der Waals surface area contributed by atoms with Gasteiger partial charge in [0, 0.05) is 18.0 Å². The first kappa shape index (κ1) is 14.6.